The van der Waals surface area contributed by atoms with Crippen LogP contribution in [-0.4, -0.2) is 17.9 Å². The van der Waals surface area contributed by atoms with E-state index in [-0.39, 0.29) is 12.5 Å². The molecule has 1 aromatic carbocycles. The standard InChI is InChI=1S/C15H21NO3/c1-10-3-2-4-12(5-10)16-8-11-6-14-15(7-13(11)17)19-9-18-14/h6-7,10,12,16-17H,2-5,8-9H2,1H3. The van der Waals surface area contributed by atoms with Crippen LogP contribution in [0, 0.1) is 5.92 Å². The largest absolute Gasteiger partial charge is 0.507 e. The van der Waals surface area contributed by atoms with E-state index in [4.69, 9.17) is 9.47 Å². The van der Waals surface area contributed by atoms with Gasteiger partial charge in [0.2, 0.25) is 6.79 Å². The molecular formula is C15H21NO3. The fraction of sp³-hybridized carbons (Fsp3) is 0.600. The van der Waals surface area contributed by atoms with Crippen LogP contribution in [0.25, 0.3) is 0 Å². The van der Waals surface area contributed by atoms with Crippen LogP contribution in [0.2, 0.25) is 0 Å². The van der Waals surface area contributed by atoms with E-state index >= 15 is 0 Å². The van der Waals surface area contributed by atoms with Gasteiger partial charge in [0.05, 0.1) is 0 Å². The van der Waals surface area contributed by atoms with Crippen molar-refractivity contribution in [2.45, 2.75) is 45.2 Å². The van der Waals surface area contributed by atoms with Gasteiger partial charge in [-0.2, -0.15) is 0 Å². The Balaban J connectivity index is 1.63. The quantitative estimate of drug-likeness (QED) is 0.880. The first-order valence-electron chi connectivity index (χ1n) is 7.07. The van der Waals surface area contributed by atoms with Gasteiger partial charge in [0, 0.05) is 24.2 Å². The highest BCUT2D eigenvalue weighted by Crippen LogP contribution is 2.37. The van der Waals surface area contributed by atoms with Crippen molar-refractivity contribution in [3.63, 3.8) is 0 Å². The third-order valence-corrected chi connectivity index (χ3v) is 4.09. The zero-order chi connectivity index (χ0) is 13.2. The molecule has 2 unspecified atom stereocenters. The monoisotopic (exact) mass is 263 g/mol. The first kappa shape index (κ1) is 12.6. The lowest BCUT2D eigenvalue weighted by Crippen LogP contribution is -2.33. The number of hydrogen-bond donors (Lipinski definition) is 2. The maximum Gasteiger partial charge on any atom is 0.231 e. The van der Waals surface area contributed by atoms with Gasteiger partial charge >= 0.3 is 0 Å². The van der Waals surface area contributed by atoms with Gasteiger partial charge in [0.15, 0.2) is 11.5 Å². The van der Waals surface area contributed by atoms with E-state index in [1.807, 2.05) is 6.07 Å². The maximum absolute atomic E-state index is 9.98. The van der Waals surface area contributed by atoms with Gasteiger partial charge in [-0.05, 0) is 24.8 Å². The summed E-state index contributed by atoms with van der Waals surface area (Å²) in [5.74, 6) is 2.44. The molecule has 19 heavy (non-hydrogen) atoms. The van der Waals surface area contributed by atoms with Crippen molar-refractivity contribution in [3.8, 4) is 17.2 Å². The Hall–Kier alpha value is -1.42. The van der Waals surface area contributed by atoms with E-state index in [1.54, 1.807) is 6.07 Å². The number of phenolic OH excluding ortho intramolecular Hbond substituents is 1. The van der Waals surface area contributed by atoms with Crippen molar-refractivity contribution in [3.05, 3.63) is 17.7 Å². The highest BCUT2D eigenvalue weighted by atomic mass is 16.7. The number of fused-ring (bicyclic) bond motifs is 1. The number of benzene rings is 1. The summed E-state index contributed by atoms with van der Waals surface area (Å²) in [6, 6.07) is 4.08. The molecule has 3 rings (SSSR count). The summed E-state index contributed by atoms with van der Waals surface area (Å²) in [5, 5.41) is 13.5. The molecule has 0 bridgehead atoms. The second-order valence-corrected chi connectivity index (χ2v) is 5.68. The average Bonchev–Trinajstić information content (AvgIpc) is 2.83. The molecule has 0 aromatic heterocycles. The molecule has 1 fully saturated rings. The van der Waals surface area contributed by atoms with Crippen LogP contribution in [0.1, 0.15) is 38.2 Å². The van der Waals surface area contributed by atoms with Crippen molar-refractivity contribution in [1.82, 2.24) is 5.32 Å². The molecule has 1 aromatic rings. The lowest BCUT2D eigenvalue weighted by molar-refractivity contribution is 0.174. The predicted molar refractivity (Wildman–Crippen MR) is 72.5 cm³/mol. The topological polar surface area (TPSA) is 50.7 Å². The fourth-order valence-electron chi connectivity index (χ4n) is 2.99. The van der Waals surface area contributed by atoms with Crippen molar-refractivity contribution in [2.75, 3.05) is 6.79 Å². The fourth-order valence-corrected chi connectivity index (χ4v) is 2.99. The molecule has 4 nitrogen and oxygen atoms in total. The number of nitrogens with one attached hydrogen (secondary N) is 1. The van der Waals surface area contributed by atoms with Crippen LogP contribution in [0.15, 0.2) is 12.1 Å². The zero-order valence-electron chi connectivity index (χ0n) is 11.3. The highest BCUT2D eigenvalue weighted by molar-refractivity contribution is 5.51. The molecule has 2 N–H and O–H groups in total. The second-order valence-electron chi connectivity index (χ2n) is 5.68. The van der Waals surface area contributed by atoms with Gasteiger partial charge in [-0.3, -0.25) is 0 Å². The Bertz CT molecular complexity index is 461. The SMILES string of the molecule is CC1CCCC(NCc2cc3c(cc2O)OCO3)C1. The van der Waals surface area contributed by atoms with E-state index in [0.717, 1.165) is 17.2 Å². The Kier molecular flexibility index (Phi) is 3.51. The van der Waals surface area contributed by atoms with Crippen molar-refractivity contribution >= 4 is 0 Å². The molecule has 0 saturated heterocycles. The molecule has 1 aliphatic carbocycles. The first-order chi connectivity index (χ1) is 9.22. The minimum absolute atomic E-state index is 0.242. The van der Waals surface area contributed by atoms with E-state index in [1.165, 1.54) is 25.7 Å². The Morgan fingerprint density at radius 1 is 1.26 bits per heavy atom. The van der Waals surface area contributed by atoms with Gasteiger partial charge in [0.1, 0.15) is 5.75 Å². The lowest BCUT2D eigenvalue weighted by Gasteiger charge is -2.27. The smallest absolute Gasteiger partial charge is 0.231 e. The number of hydrogen-bond acceptors (Lipinski definition) is 4. The molecule has 4 heteroatoms. The van der Waals surface area contributed by atoms with Crippen LogP contribution < -0.4 is 14.8 Å². The minimum atomic E-state index is 0.242. The molecular weight excluding hydrogens is 242 g/mol. The first-order valence-corrected chi connectivity index (χ1v) is 7.07. The van der Waals surface area contributed by atoms with E-state index in [9.17, 15) is 5.11 Å². The van der Waals surface area contributed by atoms with Crippen molar-refractivity contribution in [2.24, 2.45) is 5.92 Å². The molecule has 104 valence electrons. The zero-order valence-corrected chi connectivity index (χ0v) is 11.3. The molecule has 0 radical (unpaired) electrons. The third-order valence-electron chi connectivity index (χ3n) is 4.09. The summed E-state index contributed by atoms with van der Waals surface area (Å²) in [4.78, 5) is 0. The molecule has 0 spiro atoms. The summed E-state index contributed by atoms with van der Waals surface area (Å²) in [7, 11) is 0. The van der Waals surface area contributed by atoms with Crippen molar-refractivity contribution < 1.29 is 14.6 Å². The van der Waals surface area contributed by atoms with Crippen molar-refractivity contribution in [1.29, 1.82) is 0 Å². The van der Waals surface area contributed by atoms with Gasteiger partial charge in [-0.25, -0.2) is 0 Å². The van der Waals surface area contributed by atoms with Crippen LogP contribution in [0.3, 0.4) is 0 Å². The van der Waals surface area contributed by atoms with Gasteiger partial charge < -0.3 is 19.9 Å². The van der Waals surface area contributed by atoms with Gasteiger partial charge in [0.25, 0.3) is 0 Å². The average molecular weight is 263 g/mol. The minimum Gasteiger partial charge on any atom is -0.507 e. The Morgan fingerprint density at radius 3 is 2.84 bits per heavy atom. The van der Waals surface area contributed by atoms with E-state index in [2.05, 4.69) is 12.2 Å². The Morgan fingerprint density at radius 2 is 2.05 bits per heavy atom. The normalized spacial score (nSPS) is 25.5. The molecule has 1 heterocycles. The predicted octanol–water partition coefficient (Wildman–Crippen LogP) is 2.79. The lowest BCUT2D eigenvalue weighted by atomic mass is 9.87. The van der Waals surface area contributed by atoms with Crippen LogP contribution in [0.5, 0.6) is 17.2 Å². The third kappa shape index (κ3) is 2.78. The highest BCUT2D eigenvalue weighted by Gasteiger charge is 2.20. The molecule has 2 aliphatic rings. The molecule has 1 saturated carbocycles. The number of aromatic hydroxyl groups is 1. The second kappa shape index (κ2) is 5.29. The number of phenols is 1. The summed E-state index contributed by atoms with van der Waals surface area (Å²) < 4.78 is 10.6. The summed E-state index contributed by atoms with van der Waals surface area (Å²) in [6.07, 6.45) is 5.10. The molecule has 2 atom stereocenters. The van der Waals surface area contributed by atoms with Crippen LogP contribution in [0.4, 0.5) is 0 Å². The molecule has 0 amide bonds. The summed E-state index contributed by atoms with van der Waals surface area (Å²) in [5.41, 5.74) is 0.877. The van der Waals surface area contributed by atoms with E-state index in [0.29, 0.717) is 18.3 Å². The molecule has 1 aliphatic heterocycles. The van der Waals surface area contributed by atoms with Gasteiger partial charge in [-0.15, -0.1) is 0 Å². The van der Waals surface area contributed by atoms with Crippen LogP contribution in [-0.2, 0) is 6.54 Å². The summed E-state index contributed by atoms with van der Waals surface area (Å²) in [6.45, 7) is 3.23. The summed E-state index contributed by atoms with van der Waals surface area (Å²) >= 11 is 0. The number of rotatable bonds is 3. The Labute approximate surface area is 113 Å². The van der Waals surface area contributed by atoms with E-state index < -0.39 is 0 Å². The number of ether oxygens (including phenoxy) is 2. The van der Waals surface area contributed by atoms with Crippen LogP contribution >= 0.6 is 0 Å². The maximum atomic E-state index is 9.98. The van der Waals surface area contributed by atoms with Gasteiger partial charge in [-0.1, -0.05) is 19.8 Å².